The van der Waals surface area contributed by atoms with Gasteiger partial charge in [-0.15, -0.1) is 0 Å². The van der Waals surface area contributed by atoms with Gasteiger partial charge in [-0.3, -0.25) is 19.3 Å². The largest absolute Gasteiger partial charge is 0.426 e. The van der Waals surface area contributed by atoms with Crippen LogP contribution >= 0.6 is 11.6 Å². The zero-order chi connectivity index (χ0) is 18.0. The molecule has 2 aromatic carbocycles. The summed E-state index contributed by atoms with van der Waals surface area (Å²) in [6.45, 7) is 1.94. The maximum absolute atomic E-state index is 12.2. The highest BCUT2D eigenvalue weighted by Crippen LogP contribution is 2.24. The van der Waals surface area contributed by atoms with Gasteiger partial charge in [-0.05, 0) is 42.3 Å². The van der Waals surface area contributed by atoms with Crippen LogP contribution in [0.1, 0.15) is 39.6 Å². The van der Waals surface area contributed by atoms with E-state index >= 15 is 0 Å². The van der Waals surface area contributed by atoms with E-state index in [1.54, 1.807) is 42.5 Å². The van der Waals surface area contributed by atoms with Crippen molar-refractivity contribution >= 4 is 29.4 Å². The normalized spacial score (nSPS) is 13.1. The lowest BCUT2D eigenvalue weighted by Crippen LogP contribution is -2.32. The molecular formula is C19H16ClNO4. The lowest BCUT2D eigenvalue weighted by Gasteiger charge is -2.13. The summed E-state index contributed by atoms with van der Waals surface area (Å²) in [4.78, 5) is 37.6. The fourth-order valence-electron chi connectivity index (χ4n) is 2.71. The first-order valence-corrected chi connectivity index (χ1v) is 8.33. The summed E-state index contributed by atoms with van der Waals surface area (Å²) in [6, 6.07) is 11.6. The predicted molar refractivity (Wildman–Crippen MR) is 92.9 cm³/mol. The molecule has 0 bridgehead atoms. The fraction of sp³-hybridized carbons (Fsp3) is 0.211. The van der Waals surface area contributed by atoms with Crippen molar-refractivity contribution in [1.82, 2.24) is 4.90 Å². The molecule has 0 aromatic heterocycles. The number of amides is 2. The van der Waals surface area contributed by atoms with Crippen molar-refractivity contribution in [2.75, 3.05) is 6.54 Å². The zero-order valence-corrected chi connectivity index (χ0v) is 14.4. The minimum absolute atomic E-state index is 0.0145. The number of carbonyl (C=O) groups excluding carboxylic acids is 3. The van der Waals surface area contributed by atoms with Crippen LogP contribution < -0.4 is 4.74 Å². The van der Waals surface area contributed by atoms with Gasteiger partial charge in [-0.25, -0.2) is 0 Å². The molecule has 2 aromatic rings. The fourth-order valence-corrected chi connectivity index (χ4v) is 2.96. The lowest BCUT2D eigenvalue weighted by atomic mass is 10.1. The van der Waals surface area contributed by atoms with Gasteiger partial charge < -0.3 is 4.74 Å². The highest BCUT2D eigenvalue weighted by atomic mass is 35.5. The lowest BCUT2D eigenvalue weighted by molar-refractivity contribution is -0.134. The van der Waals surface area contributed by atoms with Gasteiger partial charge in [0, 0.05) is 11.6 Å². The first kappa shape index (κ1) is 17.2. The van der Waals surface area contributed by atoms with Crippen LogP contribution in [0.2, 0.25) is 5.02 Å². The third-order valence-electron chi connectivity index (χ3n) is 4.05. The molecule has 2 amide bonds. The van der Waals surface area contributed by atoms with Crippen LogP contribution in [0.15, 0.2) is 42.5 Å². The molecule has 0 N–H and O–H groups in total. The molecule has 1 aliphatic rings. The van der Waals surface area contributed by atoms with Crippen molar-refractivity contribution < 1.29 is 19.1 Å². The molecule has 0 fully saturated rings. The predicted octanol–water partition coefficient (Wildman–Crippen LogP) is 3.49. The van der Waals surface area contributed by atoms with Crippen LogP contribution in [0, 0.1) is 0 Å². The summed E-state index contributed by atoms with van der Waals surface area (Å²) in [5.74, 6) is -0.879. The molecule has 3 rings (SSSR count). The molecular weight excluding hydrogens is 342 g/mol. The number of imide groups is 1. The Morgan fingerprint density at radius 2 is 1.72 bits per heavy atom. The molecule has 5 nitrogen and oxygen atoms in total. The van der Waals surface area contributed by atoms with E-state index in [1.165, 1.54) is 0 Å². The summed E-state index contributed by atoms with van der Waals surface area (Å²) in [7, 11) is 0. The van der Waals surface area contributed by atoms with E-state index in [0.717, 1.165) is 16.9 Å². The molecule has 1 aliphatic heterocycles. The van der Waals surface area contributed by atoms with E-state index in [9.17, 15) is 14.4 Å². The summed E-state index contributed by atoms with van der Waals surface area (Å²) >= 11 is 6.03. The number of esters is 1. The second kappa shape index (κ2) is 7.07. The van der Waals surface area contributed by atoms with E-state index < -0.39 is 5.97 Å². The summed E-state index contributed by atoms with van der Waals surface area (Å²) in [5.41, 5.74) is 1.62. The first-order chi connectivity index (χ1) is 12.0. The molecule has 128 valence electrons. The Morgan fingerprint density at radius 3 is 2.32 bits per heavy atom. The minimum atomic E-state index is -0.513. The second-order valence-electron chi connectivity index (χ2n) is 5.64. The Bertz CT molecular complexity index is 827. The average Bonchev–Trinajstić information content (AvgIpc) is 2.86. The van der Waals surface area contributed by atoms with Crippen LogP contribution in [-0.2, 0) is 11.2 Å². The van der Waals surface area contributed by atoms with Crippen molar-refractivity contribution in [2.24, 2.45) is 0 Å². The van der Waals surface area contributed by atoms with E-state index in [0.29, 0.717) is 21.9 Å². The third kappa shape index (κ3) is 3.42. The van der Waals surface area contributed by atoms with Gasteiger partial charge in [0.15, 0.2) is 0 Å². The van der Waals surface area contributed by atoms with Crippen LogP contribution in [0.5, 0.6) is 5.75 Å². The van der Waals surface area contributed by atoms with Crippen LogP contribution in [-0.4, -0.2) is 29.2 Å². The molecule has 6 heteroatoms. The molecule has 0 unspecified atom stereocenters. The first-order valence-electron chi connectivity index (χ1n) is 7.95. The van der Waals surface area contributed by atoms with Crippen LogP contribution in [0.4, 0.5) is 0 Å². The molecule has 0 radical (unpaired) electrons. The highest BCUT2D eigenvalue weighted by Gasteiger charge is 2.35. The Morgan fingerprint density at radius 1 is 1.08 bits per heavy atom. The quantitative estimate of drug-likeness (QED) is 0.467. The number of hydrogen-bond donors (Lipinski definition) is 0. The highest BCUT2D eigenvalue weighted by molar-refractivity contribution is 6.31. The van der Waals surface area contributed by atoms with Gasteiger partial charge in [-0.1, -0.05) is 30.7 Å². The van der Waals surface area contributed by atoms with E-state index in [4.69, 9.17) is 16.3 Å². The van der Waals surface area contributed by atoms with Crippen molar-refractivity contribution in [1.29, 1.82) is 0 Å². The molecule has 0 saturated heterocycles. The third-order valence-corrected chi connectivity index (χ3v) is 4.42. The number of halogens is 1. The maximum Gasteiger partial charge on any atom is 0.312 e. The van der Waals surface area contributed by atoms with Crippen molar-refractivity contribution in [2.45, 2.75) is 19.8 Å². The Labute approximate surface area is 150 Å². The van der Waals surface area contributed by atoms with Gasteiger partial charge in [0.25, 0.3) is 11.8 Å². The van der Waals surface area contributed by atoms with Crippen LogP contribution in [0.25, 0.3) is 0 Å². The minimum Gasteiger partial charge on any atom is -0.426 e. The number of ether oxygens (including phenoxy) is 1. The number of rotatable bonds is 5. The van der Waals surface area contributed by atoms with Gasteiger partial charge in [0.2, 0.25) is 0 Å². The van der Waals surface area contributed by atoms with Gasteiger partial charge >= 0.3 is 5.97 Å². The van der Waals surface area contributed by atoms with Gasteiger partial charge in [0.1, 0.15) is 5.75 Å². The molecule has 1 heterocycles. The Balaban J connectivity index is 1.62. The number of carbonyl (C=O) groups is 3. The zero-order valence-electron chi connectivity index (χ0n) is 13.6. The molecule has 25 heavy (non-hydrogen) atoms. The average molecular weight is 358 g/mol. The van der Waals surface area contributed by atoms with E-state index in [1.807, 2.05) is 6.92 Å². The maximum atomic E-state index is 12.2. The Hall–Kier alpha value is -2.66. The number of hydrogen-bond acceptors (Lipinski definition) is 4. The molecule has 0 atom stereocenters. The van der Waals surface area contributed by atoms with Crippen LogP contribution in [0.3, 0.4) is 0 Å². The summed E-state index contributed by atoms with van der Waals surface area (Å²) < 4.78 is 5.27. The van der Waals surface area contributed by atoms with E-state index in [2.05, 4.69) is 0 Å². The molecule has 0 saturated carbocycles. The van der Waals surface area contributed by atoms with Gasteiger partial charge in [-0.2, -0.15) is 0 Å². The molecule has 0 aliphatic carbocycles. The smallest absolute Gasteiger partial charge is 0.312 e. The number of benzene rings is 2. The molecule has 0 spiro atoms. The topological polar surface area (TPSA) is 63.7 Å². The van der Waals surface area contributed by atoms with Gasteiger partial charge in [0.05, 0.1) is 17.5 Å². The van der Waals surface area contributed by atoms with E-state index in [-0.39, 0.29) is 24.8 Å². The number of fused-ring (bicyclic) bond motifs is 1. The van der Waals surface area contributed by atoms with Crippen molar-refractivity contribution in [3.63, 3.8) is 0 Å². The summed E-state index contributed by atoms with van der Waals surface area (Å²) in [6.07, 6.45) is 0.648. The standard InChI is InChI=1S/C19H16ClNO4/c1-2-12-11-13(7-8-16(12)20)25-17(22)9-10-21-18(23)14-5-3-4-6-15(14)19(21)24/h3-8,11H,2,9-10H2,1H3. The number of aryl methyl sites for hydroxylation is 1. The SMILES string of the molecule is CCc1cc(OC(=O)CCN2C(=O)c3ccccc3C2=O)ccc1Cl. The van der Waals surface area contributed by atoms with Crippen molar-refractivity contribution in [3.8, 4) is 5.75 Å². The van der Waals surface area contributed by atoms with Crippen molar-refractivity contribution in [3.05, 3.63) is 64.2 Å². The number of nitrogens with zero attached hydrogens (tertiary/aromatic N) is 1. The monoisotopic (exact) mass is 357 g/mol. The Kier molecular flexibility index (Phi) is 4.86. The summed E-state index contributed by atoms with van der Waals surface area (Å²) in [5, 5.41) is 0.619. The second-order valence-corrected chi connectivity index (χ2v) is 6.05.